The third-order valence-corrected chi connectivity index (χ3v) is 4.27. The molecule has 1 N–H and O–H groups in total. The number of benzene rings is 1. The largest absolute Gasteiger partial charge is 0.396 e. The fourth-order valence-electron chi connectivity index (χ4n) is 3.11. The minimum atomic E-state index is 0.139. The summed E-state index contributed by atoms with van der Waals surface area (Å²) in [5.74, 6) is 0. The molecule has 1 aromatic rings. The first-order chi connectivity index (χ1) is 8.69. The minimum Gasteiger partial charge on any atom is -0.396 e. The van der Waals surface area contributed by atoms with Crippen LogP contribution in [0.15, 0.2) is 24.3 Å². The topological polar surface area (TPSA) is 23.5 Å². The predicted octanol–water partition coefficient (Wildman–Crippen LogP) is 3.37. The van der Waals surface area contributed by atoms with E-state index in [1.54, 1.807) is 0 Å². The van der Waals surface area contributed by atoms with Gasteiger partial charge in [0.1, 0.15) is 0 Å². The molecule has 1 fully saturated rings. The van der Waals surface area contributed by atoms with Crippen molar-refractivity contribution >= 4 is 5.69 Å². The molecule has 2 nitrogen and oxygen atoms in total. The van der Waals surface area contributed by atoms with Crippen LogP contribution in [0, 0.1) is 12.3 Å². The Bertz CT molecular complexity index is 382. The smallest absolute Gasteiger partial charge is 0.0504 e. The molecule has 0 aliphatic heterocycles. The fourth-order valence-corrected chi connectivity index (χ4v) is 3.11. The normalized spacial score (nSPS) is 17.9. The van der Waals surface area contributed by atoms with Crippen LogP contribution in [0.4, 0.5) is 5.69 Å². The van der Waals surface area contributed by atoms with Crippen molar-refractivity contribution in [2.75, 3.05) is 24.6 Å². The van der Waals surface area contributed by atoms with Gasteiger partial charge in [0, 0.05) is 24.2 Å². The van der Waals surface area contributed by atoms with Crippen molar-refractivity contribution in [2.45, 2.75) is 39.5 Å². The van der Waals surface area contributed by atoms with Gasteiger partial charge in [-0.05, 0) is 44.4 Å². The zero-order valence-electron chi connectivity index (χ0n) is 11.7. The third-order valence-electron chi connectivity index (χ3n) is 4.27. The molecule has 1 aliphatic rings. The Balaban J connectivity index is 2.14. The van der Waals surface area contributed by atoms with Gasteiger partial charge in [-0.2, -0.15) is 0 Å². The van der Waals surface area contributed by atoms with Gasteiger partial charge in [-0.15, -0.1) is 0 Å². The summed E-state index contributed by atoms with van der Waals surface area (Å²) >= 11 is 0. The lowest BCUT2D eigenvalue weighted by Crippen LogP contribution is -2.38. The lowest BCUT2D eigenvalue weighted by atomic mass is 9.86. The monoisotopic (exact) mass is 247 g/mol. The van der Waals surface area contributed by atoms with Gasteiger partial charge in [-0.25, -0.2) is 0 Å². The van der Waals surface area contributed by atoms with E-state index in [2.05, 4.69) is 43.0 Å². The molecule has 0 aromatic heterocycles. The number of aryl methyl sites for hydroxylation is 1. The zero-order chi connectivity index (χ0) is 13.0. The van der Waals surface area contributed by atoms with Crippen LogP contribution in [0.2, 0.25) is 0 Å². The molecule has 100 valence electrons. The van der Waals surface area contributed by atoms with Crippen LogP contribution in [0.3, 0.4) is 0 Å². The molecular formula is C16H25NO. The maximum atomic E-state index is 9.74. The van der Waals surface area contributed by atoms with E-state index < -0.39 is 0 Å². The van der Waals surface area contributed by atoms with Crippen molar-refractivity contribution in [3.05, 3.63) is 29.8 Å². The van der Waals surface area contributed by atoms with E-state index in [0.717, 1.165) is 13.1 Å². The summed E-state index contributed by atoms with van der Waals surface area (Å²) in [5, 5.41) is 9.74. The summed E-state index contributed by atoms with van der Waals surface area (Å²) in [4.78, 5) is 2.41. The fraction of sp³-hybridized carbons (Fsp3) is 0.625. The summed E-state index contributed by atoms with van der Waals surface area (Å²) in [6.07, 6.45) is 4.88. The Kier molecular flexibility index (Phi) is 4.28. The van der Waals surface area contributed by atoms with Gasteiger partial charge in [0.05, 0.1) is 6.61 Å². The zero-order valence-corrected chi connectivity index (χ0v) is 11.7. The average Bonchev–Trinajstić information content (AvgIpc) is 2.85. The first-order valence-electron chi connectivity index (χ1n) is 7.11. The second-order valence-electron chi connectivity index (χ2n) is 5.72. The highest BCUT2D eigenvalue weighted by Gasteiger charge is 2.34. The molecule has 1 aliphatic carbocycles. The number of hydrogen-bond acceptors (Lipinski definition) is 2. The SMILES string of the molecule is CCN(CC1(CO)CCCC1)c1cccc(C)c1. The summed E-state index contributed by atoms with van der Waals surface area (Å²) in [5.41, 5.74) is 2.73. The van der Waals surface area contributed by atoms with Crippen LogP contribution < -0.4 is 4.90 Å². The van der Waals surface area contributed by atoms with Gasteiger partial charge in [-0.1, -0.05) is 25.0 Å². The minimum absolute atomic E-state index is 0.139. The lowest BCUT2D eigenvalue weighted by Gasteiger charge is -2.35. The Morgan fingerprint density at radius 1 is 1.28 bits per heavy atom. The van der Waals surface area contributed by atoms with Gasteiger partial charge in [-0.3, -0.25) is 0 Å². The van der Waals surface area contributed by atoms with Crippen LogP contribution in [-0.2, 0) is 0 Å². The molecule has 0 spiro atoms. The van der Waals surface area contributed by atoms with Crippen LogP contribution in [0.1, 0.15) is 38.2 Å². The number of nitrogens with zero attached hydrogens (tertiary/aromatic N) is 1. The molecule has 1 saturated carbocycles. The van der Waals surface area contributed by atoms with E-state index in [1.165, 1.54) is 36.9 Å². The number of aliphatic hydroxyl groups is 1. The standard InChI is InChI=1S/C16H25NO/c1-3-17(15-8-6-7-14(2)11-15)12-16(13-18)9-4-5-10-16/h6-8,11,18H,3-5,9-10,12-13H2,1-2H3. The van der Waals surface area contributed by atoms with Crippen molar-refractivity contribution in [1.82, 2.24) is 0 Å². The molecule has 0 saturated heterocycles. The van der Waals surface area contributed by atoms with Crippen LogP contribution in [0.5, 0.6) is 0 Å². The van der Waals surface area contributed by atoms with E-state index in [1.807, 2.05) is 0 Å². The van der Waals surface area contributed by atoms with E-state index in [0.29, 0.717) is 6.61 Å². The number of hydrogen-bond donors (Lipinski definition) is 1. The molecule has 2 rings (SSSR count). The molecule has 0 bridgehead atoms. The maximum Gasteiger partial charge on any atom is 0.0504 e. The van der Waals surface area contributed by atoms with E-state index in [9.17, 15) is 5.11 Å². The van der Waals surface area contributed by atoms with Gasteiger partial charge >= 0.3 is 0 Å². The molecule has 0 unspecified atom stereocenters. The Labute approximate surface area is 111 Å². The van der Waals surface area contributed by atoms with Crippen LogP contribution >= 0.6 is 0 Å². The van der Waals surface area contributed by atoms with Crippen LogP contribution in [0.25, 0.3) is 0 Å². The lowest BCUT2D eigenvalue weighted by molar-refractivity contribution is 0.136. The first kappa shape index (κ1) is 13.4. The van der Waals surface area contributed by atoms with Crippen molar-refractivity contribution < 1.29 is 5.11 Å². The van der Waals surface area contributed by atoms with Gasteiger partial charge in [0.2, 0.25) is 0 Å². The van der Waals surface area contributed by atoms with E-state index >= 15 is 0 Å². The molecule has 0 amide bonds. The second-order valence-corrected chi connectivity index (χ2v) is 5.72. The number of rotatable bonds is 5. The van der Waals surface area contributed by atoms with Crippen molar-refractivity contribution in [3.63, 3.8) is 0 Å². The Morgan fingerprint density at radius 2 is 2.00 bits per heavy atom. The molecule has 18 heavy (non-hydrogen) atoms. The van der Waals surface area contributed by atoms with Crippen molar-refractivity contribution in [1.29, 1.82) is 0 Å². The number of aliphatic hydroxyl groups excluding tert-OH is 1. The highest BCUT2D eigenvalue weighted by atomic mass is 16.3. The highest BCUT2D eigenvalue weighted by Crippen LogP contribution is 2.39. The summed E-state index contributed by atoms with van der Waals surface area (Å²) < 4.78 is 0. The van der Waals surface area contributed by atoms with E-state index in [-0.39, 0.29) is 5.41 Å². The molecule has 0 atom stereocenters. The molecule has 1 aromatic carbocycles. The van der Waals surface area contributed by atoms with E-state index in [4.69, 9.17) is 0 Å². The maximum absolute atomic E-state index is 9.74. The van der Waals surface area contributed by atoms with Gasteiger partial charge in [0.25, 0.3) is 0 Å². The van der Waals surface area contributed by atoms with Gasteiger partial charge < -0.3 is 10.0 Å². The van der Waals surface area contributed by atoms with Crippen LogP contribution in [-0.4, -0.2) is 24.8 Å². The summed E-state index contributed by atoms with van der Waals surface area (Å²) in [7, 11) is 0. The van der Waals surface area contributed by atoms with Crippen molar-refractivity contribution in [2.24, 2.45) is 5.41 Å². The Hall–Kier alpha value is -1.02. The molecular weight excluding hydrogens is 222 g/mol. The second kappa shape index (κ2) is 5.75. The predicted molar refractivity (Wildman–Crippen MR) is 77.1 cm³/mol. The molecule has 0 heterocycles. The average molecular weight is 247 g/mol. The van der Waals surface area contributed by atoms with Crippen molar-refractivity contribution in [3.8, 4) is 0 Å². The third kappa shape index (κ3) is 2.86. The molecule has 2 heteroatoms. The number of anilines is 1. The summed E-state index contributed by atoms with van der Waals surface area (Å²) in [6.45, 7) is 6.65. The highest BCUT2D eigenvalue weighted by molar-refractivity contribution is 5.48. The summed E-state index contributed by atoms with van der Waals surface area (Å²) in [6, 6.07) is 8.67. The van der Waals surface area contributed by atoms with Gasteiger partial charge in [0.15, 0.2) is 0 Å². The Morgan fingerprint density at radius 3 is 2.56 bits per heavy atom. The first-order valence-corrected chi connectivity index (χ1v) is 7.11. The molecule has 0 radical (unpaired) electrons. The quantitative estimate of drug-likeness (QED) is 0.862.